The summed E-state index contributed by atoms with van der Waals surface area (Å²) in [5, 5.41) is 3.04. The first kappa shape index (κ1) is 18.5. The van der Waals surface area contributed by atoms with E-state index in [1.807, 2.05) is 12.1 Å². The molecular weight excluding hydrogens is 336 g/mol. The molecule has 1 heterocycles. The molecule has 146 valence electrons. The van der Waals surface area contributed by atoms with Crippen molar-refractivity contribution in [3.63, 3.8) is 0 Å². The van der Waals surface area contributed by atoms with Crippen molar-refractivity contribution in [1.82, 2.24) is 10.2 Å². The van der Waals surface area contributed by atoms with Crippen molar-refractivity contribution < 1.29 is 9.59 Å². The maximum Gasteiger partial charge on any atom is 0.251 e. The van der Waals surface area contributed by atoms with Gasteiger partial charge in [0.2, 0.25) is 5.91 Å². The molecule has 0 aromatic heterocycles. The second-order valence-corrected chi connectivity index (χ2v) is 8.83. The topological polar surface area (TPSA) is 49.4 Å². The number of piperidine rings is 1. The van der Waals surface area contributed by atoms with Crippen LogP contribution in [0.25, 0.3) is 0 Å². The van der Waals surface area contributed by atoms with Crippen molar-refractivity contribution >= 4 is 11.8 Å². The summed E-state index contributed by atoms with van der Waals surface area (Å²) in [6.07, 6.45) is 11.4. The van der Waals surface area contributed by atoms with Crippen LogP contribution in [0.3, 0.4) is 0 Å². The Hall–Kier alpha value is -1.84. The number of hydrogen-bond donors (Lipinski definition) is 1. The first-order chi connectivity index (χ1) is 13.2. The number of hydrogen-bond acceptors (Lipinski definition) is 2. The van der Waals surface area contributed by atoms with E-state index in [0.717, 1.165) is 57.2 Å². The maximum atomic E-state index is 12.5. The van der Waals surface area contributed by atoms with E-state index in [-0.39, 0.29) is 5.91 Å². The molecule has 1 saturated heterocycles. The Labute approximate surface area is 162 Å². The summed E-state index contributed by atoms with van der Waals surface area (Å²) in [6, 6.07) is 8.50. The van der Waals surface area contributed by atoms with Crippen LogP contribution in [-0.4, -0.2) is 35.8 Å². The molecule has 0 bridgehead atoms. The summed E-state index contributed by atoms with van der Waals surface area (Å²) in [7, 11) is 0. The first-order valence-corrected chi connectivity index (χ1v) is 10.8. The summed E-state index contributed by atoms with van der Waals surface area (Å²) < 4.78 is 0. The van der Waals surface area contributed by atoms with Gasteiger partial charge in [0.15, 0.2) is 0 Å². The molecule has 4 rings (SSSR count). The molecule has 1 aromatic rings. The van der Waals surface area contributed by atoms with Crippen molar-refractivity contribution in [3.8, 4) is 0 Å². The SMILES string of the molecule is O=C(NC1CC1)c1ccc(CC2CCN(C(=O)CC3CCCC3)CC2)cc1. The number of benzene rings is 1. The fraction of sp³-hybridized carbons (Fsp3) is 0.652. The highest BCUT2D eigenvalue weighted by atomic mass is 16.2. The lowest BCUT2D eigenvalue weighted by Gasteiger charge is -2.32. The minimum absolute atomic E-state index is 0.0538. The van der Waals surface area contributed by atoms with E-state index in [1.165, 1.54) is 31.2 Å². The summed E-state index contributed by atoms with van der Waals surface area (Å²) in [5.74, 6) is 1.72. The Morgan fingerprint density at radius 1 is 0.889 bits per heavy atom. The molecule has 0 radical (unpaired) electrons. The molecule has 1 aromatic carbocycles. The highest BCUT2D eigenvalue weighted by Crippen LogP contribution is 2.29. The van der Waals surface area contributed by atoms with E-state index in [2.05, 4.69) is 22.3 Å². The Morgan fingerprint density at radius 2 is 1.56 bits per heavy atom. The smallest absolute Gasteiger partial charge is 0.251 e. The number of rotatable bonds is 6. The minimum atomic E-state index is 0.0538. The molecule has 2 aliphatic carbocycles. The number of amides is 2. The molecular formula is C23H32N2O2. The fourth-order valence-electron chi connectivity index (χ4n) is 4.60. The second-order valence-electron chi connectivity index (χ2n) is 8.83. The molecule has 4 heteroatoms. The Kier molecular flexibility index (Phi) is 5.80. The molecule has 0 spiro atoms. The third-order valence-electron chi connectivity index (χ3n) is 6.56. The third kappa shape index (κ3) is 5.12. The van der Waals surface area contributed by atoms with Gasteiger partial charge in [0.05, 0.1) is 0 Å². The standard InChI is InChI=1S/C23H32N2O2/c26-22(16-17-3-1-2-4-17)25-13-11-19(12-14-25)15-18-5-7-20(8-6-18)23(27)24-21-9-10-21/h5-8,17,19,21H,1-4,9-16H2,(H,24,27). The number of likely N-dealkylation sites (tertiary alicyclic amines) is 1. The van der Waals surface area contributed by atoms with Crippen molar-refractivity contribution in [2.24, 2.45) is 11.8 Å². The summed E-state index contributed by atoms with van der Waals surface area (Å²) >= 11 is 0. The van der Waals surface area contributed by atoms with E-state index in [0.29, 0.717) is 23.8 Å². The Balaban J connectivity index is 1.21. The highest BCUT2D eigenvalue weighted by Gasteiger charge is 2.26. The van der Waals surface area contributed by atoms with Crippen molar-refractivity contribution in [3.05, 3.63) is 35.4 Å². The van der Waals surface area contributed by atoms with Crippen LogP contribution in [-0.2, 0) is 11.2 Å². The van der Waals surface area contributed by atoms with Gasteiger partial charge in [0.1, 0.15) is 0 Å². The lowest BCUT2D eigenvalue weighted by molar-refractivity contribution is -0.133. The average Bonchev–Trinajstić information content (AvgIpc) is 3.35. The quantitative estimate of drug-likeness (QED) is 0.827. The van der Waals surface area contributed by atoms with Gasteiger partial charge < -0.3 is 10.2 Å². The zero-order chi connectivity index (χ0) is 18.6. The third-order valence-corrected chi connectivity index (χ3v) is 6.56. The largest absolute Gasteiger partial charge is 0.349 e. The molecule has 3 fully saturated rings. The predicted molar refractivity (Wildman–Crippen MR) is 107 cm³/mol. The van der Waals surface area contributed by atoms with Gasteiger partial charge in [-0.1, -0.05) is 25.0 Å². The lowest BCUT2D eigenvalue weighted by Crippen LogP contribution is -2.39. The fourth-order valence-corrected chi connectivity index (χ4v) is 4.60. The van der Waals surface area contributed by atoms with Gasteiger partial charge in [-0.05, 0) is 74.5 Å². The van der Waals surface area contributed by atoms with Gasteiger partial charge in [0.25, 0.3) is 5.91 Å². The van der Waals surface area contributed by atoms with Crippen LogP contribution in [0.15, 0.2) is 24.3 Å². The van der Waals surface area contributed by atoms with Gasteiger partial charge in [0, 0.05) is 31.1 Å². The van der Waals surface area contributed by atoms with Crippen LogP contribution in [0.1, 0.15) is 73.7 Å². The molecule has 2 amide bonds. The number of carbonyl (C=O) groups excluding carboxylic acids is 2. The summed E-state index contributed by atoms with van der Waals surface area (Å²) in [4.78, 5) is 26.7. The molecule has 1 N–H and O–H groups in total. The Bertz CT molecular complexity index is 651. The normalized spacial score (nSPS) is 21.4. The van der Waals surface area contributed by atoms with Gasteiger partial charge in [-0.2, -0.15) is 0 Å². The van der Waals surface area contributed by atoms with E-state index in [1.54, 1.807) is 0 Å². The molecule has 0 atom stereocenters. The van der Waals surface area contributed by atoms with E-state index in [4.69, 9.17) is 0 Å². The second kappa shape index (κ2) is 8.45. The van der Waals surface area contributed by atoms with Crippen LogP contribution >= 0.6 is 0 Å². The lowest BCUT2D eigenvalue weighted by atomic mass is 9.89. The van der Waals surface area contributed by atoms with Crippen LogP contribution in [0, 0.1) is 11.8 Å². The Morgan fingerprint density at radius 3 is 2.19 bits per heavy atom. The molecule has 3 aliphatic rings. The molecule has 2 saturated carbocycles. The minimum Gasteiger partial charge on any atom is -0.349 e. The van der Waals surface area contributed by atoms with Crippen LogP contribution < -0.4 is 5.32 Å². The van der Waals surface area contributed by atoms with Crippen LogP contribution in [0.4, 0.5) is 0 Å². The molecule has 27 heavy (non-hydrogen) atoms. The molecule has 0 unspecified atom stereocenters. The van der Waals surface area contributed by atoms with E-state index < -0.39 is 0 Å². The van der Waals surface area contributed by atoms with Gasteiger partial charge in [-0.15, -0.1) is 0 Å². The van der Waals surface area contributed by atoms with Crippen molar-refractivity contribution in [2.45, 2.75) is 70.3 Å². The van der Waals surface area contributed by atoms with Crippen molar-refractivity contribution in [1.29, 1.82) is 0 Å². The van der Waals surface area contributed by atoms with Gasteiger partial charge in [-0.25, -0.2) is 0 Å². The van der Waals surface area contributed by atoms with Gasteiger partial charge >= 0.3 is 0 Å². The van der Waals surface area contributed by atoms with Crippen LogP contribution in [0.2, 0.25) is 0 Å². The highest BCUT2D eigenvalue weighted by molar-refractivity contribution is 5.94. The first-order valence-electron chi connectivity index (χ1n) is 10.8. The van der Waals surface area contributed by atoms with Gasteiger partial charge in [-0.3, -0.25) is 9.59 Å². The number of nitrogens with zero attached hydrogens (tertiary/aromatic N) is 1. The summed E-state index contributed by atoms with van der Waals surface area (Å²) in [6.45, 7) is 1.83. The zero-order valence-electron chi connectivity index (χ0n) is 16.3. The molecule has 4 nitrogen and oxygen atoms in total. The average molecular weight is 369 g/mol. The number of nitrogens with one attached hydrogen (secondary N) is 1. The zero-order valence-corrected chi connectivity index (χ0v) is 16.3. The maximum absolute atomic E-state index is 12.5. The van der Waals surface area contributed by atoms with E-state index >= 15 is 0 Å². The van der Waals surface area contributed by atoms with Crippen LogP contribution in [0.5, 0.6) is 0 Å². The molecule has 1 aliphatic heterocycles. The summed E-state index contributed by atoms with van der Waals surface area (Å²) in [5.41, 5.74) is 2.06. The van der Waals surface area contributed by atoms with E-state index in [9.17, 15) is 9.59 Å². The van der Waals surface area contributed by atoms with Crippen molar-refractivity contribution in [2.75, 3.05) is 13.1 Å². The number of carbonyl (C=O) groups is 2. The predicted octanol–water partition coefficient (Wildman–Crippen LogP) is 3.94. The monoisotopic (exact) mass is 368 g/mol.